The van der Waals surface area contributed by atoms with Gasteiger partial charge < -0.3 is 15.0 Å². The molecule has 140 valence electrons. The lowest BCUT2D eigenvalue weighted by Gasteiger charge is -2.34. The van der Waals surface area contributed by atoms with Crippen molar-refractivity contribution in [3.05, 3.63) is 29.5 Å². The third-order valence-electron chi connectivity index (χ3n) is 5.18. The summed E-state index contributed by atoms with van der Waals surface area (Å²) in [7, 11) is 1.34. The molecule has 1 atom stereocenters. The fraction of sp³-hybridized carbons (Fsp3) is 0.500. The van der Waals surface area contributed by atoms with Crippen LogP contribution in [-0.2, 0) is 9.53 Å². The minimum absolute atomic E-state index is 0.100. The van der Waals surface area contributed by atoms with E-state index in [0.29, 0.717) is 18.3 Å². The molecular formula is C20H27N3O3. The number of anilines is 1. The number of esters is 1. The van der Waals surface area contributed by atoms with Gasteiger partial charge in [0.2, 0.25) is 5.91 Å². The Labute approximate surface area is 153 Å². The molecule has 2 heterocycles. The van der Waals surface area contributed by atoms with Crippen molar-refractivity contribution in [3.8, 4) is 0 Å². The number of methoxy groups -OCH3 is 1. The molecular weight excluding hydrogens is 330 g/mol. The second kappa shape index (κ2) is 7.91. The maximum absolute atomic E-state index is 12.7. The molecule has 2 N–H and O–H groups in total. The summed E-state index contributed by atoms with van der Waals surface area (Å²) in [5.74, 6) is -0.587. The summed E-state index contributed by atoms with van der Waals surface area (Å²) in [6.45, 7) is 5.44. The van der Waals surface area contributed by atoms with Gasteiger partial charge in [0.15, 0.2) is 0 Å². The standard InChI is InChI=1S/C20H27N3O3/c1-4-14-7-5-6-10-23(14)12-17(24)22-18-15-9-8-13(2)11-16(15)21-19(18)20(25)26-3/h8-9,11,14,21H,4-7,10,12H2,1-3H3,(H,22,24)/t14-/m1/s1. The number of amides is 1. The summed E-state index contributed by atoms with van der Waals surface area (Å²) in [5, 5.41) is 3.76. The van der Waals surface area contributed by atoms with Crippen LogP contribution in [0.1, 0.15) is 48.7 Å². The molecule has 6 heteroatoms. The third kappa shape index (κ3) is 3.75. The summed E-state index contributed by atoms with van der Waals surface area (Å²) < 4.78 is 4.87. The number of carbonyl (C=O) groups excluding carboxylic acids is 2. The number of piperidine rings is 1. The fourth-order valence-corrected chi connectivity index (χ4v) is 3.79. The topological polar surface area (TPSA) is 74.4 Å². The van der Waals surface area contributed by atoms with Crippen molar-refractivity contribution in [1.82, 2.24) is 9.88 Å². The molecule has 1 amide bonds. The largest absolute Gasteiger partial charge is 0.464 e. The van der Waals surface area contributed by atoms with Gasteiger partial charge in [-0.25, -0.2) is 4.79 Å². The van der Waals surface area contributed by atoms with Gasteiger partial charge in [-0.1, -0.05) is 25.5 Å². The van der Waals surface area contributed by atoms with Gasteiger partial charge in [-0.05, 0) is 44.4 Å². The van der Waals surface area contributed by atoms with Crippen LogP contribution in [0.15, 0.2) is 18.2 Å². The SMILES string of the molecule is CC[C@@H]1CCCCN1CC(=O)Nc1c(C(=O)OC)[nH]c2cc(C)ccc12. The molecule has 1 aliphatic rings. The number of aromatic amines is 1. The van der Waals surface area contributed by atoms with Gasteiger partial charge in [0.1, 0.15) is 5.69 Å². The Kier molecular flexibility index (Phi) is 5.61. The van der Waals surface area contributed by atoms with Crippen LogP contribution in [0.4, 0.5) is 5.69 Å². The molecule has 0 bridgehead atoms. The number of nitrogens with one attached hydrogen (secondary N) is 2. The predicted octanol–water partition coefficient (Wildman–Crippen LogP) is 3.47. The van der Waals surface area contributed by atoms with Crippen molar-refractivity contribution >= 4 is 28.5 Å². The van der Waals surface area contributed by atoms with Crippen molar-refractivity contribution in [1.29, 1.82) is 0 Å². The first-order chi connectivity index (χ1) is 12.5. The van der Waals surface area contributed by atoms with Gasteiger partial charge in [-0.3, -0.25) is 9.69 Å². The molecule has 0 spiro atoms. The number of carbonyl (C=O) groups is 2. The maximum atomic E-state index is 12.7. The summed E-state index contributed by atoms with van der Waals surface area (Å²) in [6.07, 6.45) is 4.55. The van der Waals surface area contributed by atoms with Crippen molar-refractivity contribution < 1.29 is 14.3 Å². The third-order valence-corrected chi connectivity index (χ3v) is 5.18. The summed E-state index contributed by atoms with van der Waals surface area (Å²) >= 11 is 0. The highest BCUT2D eigenvalue weighted by Crippen LogP contribution is 2.29. The highest BCUT2D eigenvalue weighted by molar-refractivity contribution is 6.11. The van der Waals surface area contributed by atoms with Gasteiger partial charge in [0.05, 0.1) is 19.3 Å². The molecule has 1 aromatic heterocycles. The second-order valence-electron chi connectivity index (χ2n) is 6.99. The first kappa shape index (κ1) is 18.5. The van der Waals surface area contributed by atoms with Crippen molar-refractivity contribution in [2.75, 3.05) is 25.5 Å². The zero-order chi connectivity index (χ0) is 18.7. The smallest absolute Gasteiger partial charge is 0.356 e. The Hall–Kier alpha value is -2.34. The van der Waals surface area contributed by atoms with E-state index in [9.17, 15) is 9.59 Å². The van der Waals surface area contributed by atoms with E-state index in [1.807, 2.05) is 25.1 Å². The molecule has 0 aliphatic carbocycles. The first-order valence-electron chi connectivity index (χ1n) is 9.28. The number of hydrogen-bond acceptors (Lipinski definition) is 4. The molecule has 3 rings (SSSR count). The van der Waals surface area contributed by atoms with E-state index in [1.54, 1.807) is 0 Å². The molecule has 2 aromatic rings. The number of likely N-dealkylation sites (tertiary alicyclic amines) is 1. The highest BCUT2D eigenvalue weighted by Gasteiger charge is 2.25. The second-order valence-corrected chi connectivity index (χ2v) is 6.99. The molecule has 1 aliphatic heterocycles. The molecule has 0 saturated carbocycles. The Morgan fingerprint density at radius 2 is 2.15 bits per heavy atom. The van der Waals surface area contributed by atoms with Gasteiger partial charge in [-0.2, -0.15) is 0 Å². The van der Waals surface area contributed by atoms with Gasteiger partial charge in [-0.15, -0.1) is 0 Å². The van der Waals surface area contributed by atoms with Crippen LogP contribution >= 0.6 is 0 Å². The number of ether oxygens (including phenoxy) is 1. The van der Waals surface area contributed by atoms with Crippen LogP contribution in [-0.4, -0.2) is 48.0 Å². The quantitative estimate of drug-likeness (QED) is 0.804. The van der Waals surface area contributed by atoms with E-state index >= 15 is 0 Å². The van der Waals surface area contributed by atoms with Gasteiger partial charge >= 0.3 is 5.97 Å². The maximum Gasteiger partial charge on any atom is 0.356 e. The van der Waals surface area contributed by atoms with Crippen LogP contribution in [0.5, 0.6) is 0 Å². The Morgan fingerprint density at radius 3 is 2.88 bits per heavy atom. The van der Waals surface area contributed by atoms with E-state index in [4.69, 9.17) is 4.74 Å². The minimum atomic E-state index is -0.487. The highest BCUT2D eigenvalue weighted by atomic mass is 16.5. The monoisotopic (exact) mass is 357 g/mol. The first-order valence-corrected chi connectivity index (χ1v) is 9.28. The molecule has 0 unspecified atom stereocenters. The number of aryl methyl sites for hydroxylation is 1. The van der Waals surface area contributed by atoms with Crippen LogP contribution in [0.3, 0.4) is 0 Å². The Morgan fingerprint density at radius 1 is 1.35 bits per heavy atom. The van der Waals surface area contributed by atoms with E-state index in [2.05, 4.69) is 22.1 Å². The van der Waals surface area contributed by atoms with E-state index in [-0.39, 0.29) is 11.6 Å². The van der Waals surface area contributed by atoms with E-state index in [0.717, 1.165) is 42.3 Å². The molecule has 26 heavy (non-hydrogen) atoms. The summed E-state index contributed by atoms with van der Waals surface area (Å²) in [4.78, 5) is 30.2. The zero-order valence-electron chi connectivity index (χ0n) is 15.7. The number of rotatable bonds is 5. The molecule has 1 saturated heterocycles. The summed E-state index contributed by atoms with van der Waals surface area (Å²) in [5.41, 5.74) is 2.67. The van der Waals surface area contributed by atoms with E-state index in [1.165, 1.54) is 13.5 Å². The Bertz CT molecular complexity index is 812. The number of aromatic nitrogens is 1. The normalized spacial score (nSPS) is 18.0. The van der Waals surface area contributed by atoms with Crippen molar-refractivity contribution in [2.45, 2.75) is 45.6 Å². The van der Waals surface area contributed by atoms with Crippen LogP contribution in [0.2, 0.25) is 0 Å². The number of hydrogen-bond donors (Lipinski definition) is 2. The van der Waals surface area contributed by atoms with Crippen molar-refractivity contribution in [3.63, 3.8) is 0 Å². The van der Waals surface area contributed by atoms with Crippen molar-refractivity contribution in [2.24, 2.45) is 0 Å². The van der Waals surface area contributed by atoms with E-state index < -0.39 is 5.97 Å². The fourth-order valence-electron chi connectivity index (χ4n) is 3.79. The summed E-state index contributed by atoms with van der Waals surface area (Å²) in [6, 6.07) is 6.29. The number of nitrogens with zero attached hydrogens (tertiary/aromatic N) is 1. The lowest BCUT2D eigenvalue weighted by molar-refractivity contribution is -0.118. The zero-order valence-corrected chi connectivity index (χ0v) is 15.7. The van der Waals surface area contributed by atoms with Crippen LogP contribution < -0.4 is 5.32 Å². The van der Waals surface area contributed by atoms with Gasteiger partial charge in [0.25, 0.3) is 0 Å². The molecule has 0 radical (unpaired) electrons. The molecule has 1 fully saturated rings. The number of benzene rings is 1. The average Bonchev–Trinajstić information content (AvgIpc) is 2.98. The number of H-pyrrole nitrogens is 1. The number of fused-ring (bicyclic) bond motifs is 1. The van der Waals surface area contributed by atoms with Gasteiger partial charge in [0, 0.05) is 16.9 Å². The lowest BCUT2D eigenvalue weighted by Crippen LogP contribution is -2.43. The Balaban J connectivity index is 1.84. The molecule has 1 aromatic carbocycles. The molecule has 6 nitrogen and oxygen atoms in total. The predicted molar refractivity (Wildman–Crippen MR) is 103 cm³/mol. The lowest BCUT2D eigenvalue weighted by atomic mass is 10.00. The average molecular weight is 357 g/mol. The minimum Gasteiger partial charge on any atom is -0.464 e. The van der Waals surface area contributed by atoms with Crippen LogP contribution in [0.25, 0.3) is 10.9 Å². The van der Waals surface area contributed by atoms with Crippen LogP contribution in [0, 0.1) is 6.92 Å².